The summed E-state index contributed by atoms with van der Waals surface area (Å²) in [6, 6.07) is 10.2. The molecular formula is C16H19ClFIN4. The second-order valence-corrected chi connectivity index (χ2v) is 5.11. The molecule has 0 fully saturated rings. The van der Waals surface area contributed by atoms with E-state index in [0.717, 1.165) is 17.5 Å². The van der Waals surface area contributed by atoms with Crippen molar-refractivity contribution in [1.29, 1.82) is 0 Å². The quantitative estimate of drug-likeness (QED) is 0.319. The summed E-state index contributed by atoms with van der Waals surface area (Å²) >= 11 is 5.75. The maximum absolute atomic E-state index is 12.8. The largest absolute Gasteiger partial charge is 0.356 e. The van der Waals surface area contributed by atoms with Crippen LogP contribution in [0.25, 0.3) is 0 Å². The van der Waals surface area contributed by atoms with E-state index in [1.165, 1.54) is 12.1 Å². The predicted molar refractivity (Wildman–Crippen MR) is 103 cm³/mol. The molecule has 1 aromatic heterocycles. The van der Waals surface area contributed by atoms with Crippen molar-refractivity contribution < 1.29 is 4.39 Å². The van der Waals surface area contributed by atoms with E-state index in [1.54, 1.807) is 31.4 Å². The van der Waals surface area contributed by atoms with Crippen LogP contribution in [-0.2, 0) is 13.0 Å². The van der Waals surface area contributed by atoms with Gasteiger partial charge in [0, 0.05) is 26.3 Å². The lowest BCUT2D eigenvalue weighted by Crippen LogP contribution is -2.37. The smallest absolute Gasteiger partial charge is 0.191 e. The summed E-state index contributed by atoms with van der Waals surface area (Å²) in [5.74, 6) is 0.489. The van der Waals surface area contributed by atoms with Gasteiger partial charge in [0.25, 0.3) is 0 Å². The van der Waals surface area contributed by atoms with Gasteiger partial charge in [-0.3, -0.25) is 4.99 Å². The van der Waals surface area contributed by atoms with Crippen molar-refractivity contribution in [3.05, 3.63) is 64.7 Å². The van der Waals surface area contributed by atoms with Crippen molar-refractivity contribution in [3.8, 4) is 0 Å². The van der Waals surface area contributed by atoms with Crippen molar-refractivity contribution in [2.45, 2.75) is 13.0 Å². The summed E-state index contributed by atoms with van der Waals surface area (Å²) in [6.07, 6.45) is 2.52. The summed E-state index contributed by atoms with van der Waals surface area (Å²) < 4.78 is 12.8. The van der Waals surface area contributed by atoms with Gasteiger partial charge < -0.3 is 10.6 Å². The van der Waals surface area contributed by atoms with Crippen LogP contribution in [0.15, 0.2) is 47.6 Å². The topological polar surface area (TPSA) is 49.3 Å². The third-order valence-corrected chi connectivity index (χ3v) is 3.32. The summed E-state index contributed by atoms with van der Waals surface area (Å²) in [7, 11) is 1.72. The second kappa shape index (κ2) is 10.4. The zero-order valence-corrected chi connectivity index (χ0v) is 15.8. The molecule has 0 unspecified atom stereocenters. The van der Waals surface area contributed by atoms with Gasteiger partial charge in [0.05, 0.1) is 0 Å². The summed E-state index contributed by atoms with van der Waals surface area (Å²) in [4.78, 5) is 8.18. The van der Waals surface area contributed by atoms with Gasteiger partial charge in [-0.15, -0.1) is 24.0 Å². The highest BCUT2D eigenvalue weighted by Crippen LogP contribution is 2.05. The van der Waals surface area contributed by atoms with Gasteiger partial charge in [0.15, 0.2) is 5.96 Å². The third kappa shape index (κ3) is 7.13. The number of nitrogens with zero attached hydrogens (tertiary/aromatic N) is 2. The highest BCUT2D eigenvalue weighted by molar-refractivity contribution is 14.0. The number of hydrogen-bond donors (Lipinski definition) is 2. The second-order valence-electron chi connectivity index (χ2n) is 4.72. The van der Waals surface area contributed by atoms with Crippen LogP contribution in [0.2, 0.25) is 5.15 Å². The van der Waals surface area contributed by atoms with Crippen LogP contribution >= 0.6 is 35.6 Å². The van der Waals surface area contributed by atoms with Crippen molar-refractivity contribution in [2.24, 2.45) is 4.99 Å². The van der Waals surface area contributed by atoms with Crippen LogP contribution < -0.4 is 10.6 Å². The summed E-state index contributed by atoms with van der Waals surface area (Å²) in [6.45, 7) is 1.32. The lowest BCUT2D eigenvalue weighted by atomic mass is 10.1. The van der Waals surface area contributed by atoms with E-state index in [-0.39, 0.29) is 29.8 Å². The standard InChI is InChI=1S/C16H18ClFN4.HI/c1-19-16(22-11-13-4-7-15(17)21-10-13)20-9-8-12-2-5-14(18)6-3-12;/h2-7,10H,8-9,11H2,1H3,(H2,19,20,22);1H. The molecule has 7 heteroatoms. The Labute approximate surface area is 157 Å². The number of pyridine rings is 1. The molecule has 0 spiro atoms. The first-order chi connectivity index (χ1) is 10.7. The number of aliphatic imine (C=N–C) groups is 1. The molecule has 0 saturated carbocycles. The SMILES string of the molecule is CN=C(NCCc1ccc(F)cc1)NCc1ccc(Cl)nc1.I. The minimum absolute atomic E-state index is 0. The molecule has 0 aliphatic carbocycles. The molecule has 0 bridgehead atoms. The molecule has 23 heavy (non-hydrogen) atoms. The van der Waals surface area contributed by atoms with Crippen LogP contribution in [0.4, 0.5) is 4.39 Å². The molecule has 0 amide bonds. The van der Waals surface area contributed by atoms with Gasteiger partial charge in [-0.05, 0) is 35.7 Å². The van der Waals surface area contributed by atoms with Gasteiger partial charge in [0.2, 0.25) is 0 Å². The molecule has 4 nitrogen and oxygen atoms in total. The molecule has 0 aliphatic heterocycles. The number of benzene rings is 1. The molecular weight excluding hydrogens is 430 g/mol. The van der Waals surface area contributed by atoms with E-state index < -0.39 is 0 Å². The lowest BCUT2D eigenvalue weighted by Gasteiger charge is -2.12. The molecule has 1 aromatic carbocycles. The van der Waals surface area contributed by atoms with Crippen molar-refractivity contribution in [3.63, 3.8) is 0 Å². The Bertz CT molecular complexity index is 617. The summed E-state index contributed by atoms with van der Waals surface area (Å²) in [5, 5.41) is 6.89. The maximum atomic E-state index is 12.8. The van der Waals surface area contributed by atoms with E-state index in [0.29, 0.717) is 24.2 Å². The summed E-state index contributed by atoms with van der Waals surface area (Å²) in [5.41, 5.74) is 2.09. The number of guanidine groups is 1. The highest BCUT2D eigenvalue weighted by Gasteiger charge is 2.00. The van der Waals surface area contributed by atoms with E-state index in [2.05, 4.69) is 20.6 Å². The predicted octanol–water partition coefficient (Wildman–Crippen LogP) is 3.40. The molecule has 2 rings (SSSR count). The Morgan fingerprint density at radius 1 is 1.13 bits per heavy atom. The monoisotopic (exact) mass is 448 g/mol. The zero-order chi connectivity index (χ0) is 15.8. The van der Waals surface area contributed by atoms with Crippen LogP contribution in [0.1, 0.15) is 11.1 Å². The van der Waals surface area contributed by atoms with Crippen LogP contribution in [-0.4, -0.2) is 24.5 Å². The Hall–Kier alpha value is -1.41. The van der Waals surface area contributed by atoms with Crippen LogP contribution in [0, 0.1) is 5.82 Å². The molecule has 0 saturated heterocycles. The number of rotatable bonds is 5. The van der Waals surface area contributed by atoms with Gasteiger partial charge in [-0.25, -0.2) is 9.37 Å². The van der Waals surface area contributed by atoms with Gasteiger partial charge in [-0.1, -0.05) is 29.8 Å². The van der Waals surface area contributed by atoms with Crippen LogP contribution in [0.5, 0.6) is 0 Å². The fraction of sp³-hybridized carbons (Fsp3) is 0.250. The van der Waals surface area contributed by atoms with Crippen molar-refractivity contribution in [1.82, 2.24) is 15.6 Å². The molecule has 0 atom stereocenters. The Balaban J connectivity index is 0.00000264. The minimum atomic E-state index is -0.217. The first kappa shape index (κ1) is 19.6. The molecule has 1 heterocycles. The normalized spacial score (nSPS) is 10.8. The van der Waals surface area contributed by atoms with Gasteiger partial charge in [0.1, 0.15) is 11.0 Å². The Morgan fingerprint density at radius 2 is 1.83 bits per heavy atom. The number of halogens is 3. The average Bonchev–Trinajstić information content (AvgIpc) is 2.54. The number of hydrogen-bond acceptors (Lipinski definition) is 2. The van der Waals surface area contributed by atoms with E-state index in [4.69, 9.17) is 11.6 Å². The molecule has 2 aromatic rings. The minimum Gasteiger partial charge on any atom is -0.356 e. The fourth-order valence-corrected chi connectivity index (χ4v) is 2.01. The van der Waals surface area contributed by atoms with E-state index in [1.807, 2.05) is 6.07 Å². The molecule has 124 valence electrons. The Morgan fingerprint density at radius 3 is 2.43 bits per heavy atom. The molecule has 2 N–H and O–H groups in total. The molecule has 0 radical (unpaired) electrons. The van der Waals surface area contributed by atoms with E-state index >= 15 is 0 Å². The molecule has 0 aliphatic rings. The van der Waals surface area contributed by atoms with Gasteiger partial charge >= 0.3 is 0 Å². The van der Waals surface area contributed by atoms with Crippen LogP contribution in [0.3, 0.4) is 0 Å². The first-order valence-electron chi connectivity index (χ1n) is 6.97. The van der Waals surface area contributed by atoms with Crippen molar-refractivity contribution in [2.75, 3.05) is 13.6 Å². The van der Waals surface area contributed by atoms with Crippen molar-refractivity contribution >= 4 is 41.5 Å². The zero-order valence-electron chi connectivity index (χ0n) is 12.7. The average molecular weight is 449 g/mol. The number of aromatic nitrogens is 1. The van der Waals surface area contributed by atoms with E-state index in [9.17, 15) is 4.39 Å². The number of nitrogens with one attached hydrogen (secondary N) is 2. The third-order valence-electron chi connectivity index (χ3n) is 3.09. The highest BCUT2D eigenvalue weighted by atomic mass is 127. The lowest BCUT2D eigenvalue weighted by molar-refractivity contribution is 0.626. The maximum Gasteiger partial charge on any atom is 0.191 e. The van der Waals surface area contributed by atoms with Gasteiger partial charge in [-0.2, -0.15) is 0 Å². The first-order valence-corrected chi connectivity index (χ1v) is 7.34. The fourth-order valence-electron chi connectivity index (χ4n) is 1.89. The Kier molecular flexibility index (Phi) is 8.86.